The SMILES string of the molecule is CCc1cc(C)cc(CC)c1NC(=O)CN1C[C@H](c2cc3c(cc2C)OCO3)C(C(=O)O)[C@@H]1c1ccc(OCC(C)C)cc1. The maximum atomic E-state index is 13.8. The molecule has 8 heteroatoms. The molecule has 1 unspecified atom stereocenters. The zero-order valence-corrected chi connectivity index (χ0v) is 26.6. The van der Waals surface area contributed by atoms with Gasteiger partial charge in [0.05, 0.1) is 19.1 Å². The number of aliphatic carboxylic acids is 1. The Morgan fingerprint density at radius 2 is 1.64 bits per heavy atom. The average Bonchev–Trinajstić information content (AvgIpc) is 3.60. The largest absolute Gasteiger partial charge is 0.493 e. The number of benzene rings is 3. The molecule has 1 amide bonds. The van der Waals surface area contributed by atoms with E-state index in [1.165, 1.54) is 5.56 Å². The third kappa shape index (κ3) is 6.55. The Morgan fingerprint density at radius 3 is 2.23 bits per heavy atom. The van der Waals surface area contributed by atoms with Gasteiger partial charge in [-0.2, -0.15) is 0 Å². The topological polar surface area (TPSA) is 97.3 Å². The van der Waals surface area contributed by atoms with Gasteiger partial charge in [0.15, 0.2) is 11.5 Å². The number of likely N-dealkylation sites (tertiary alicyclic amines) is 1. The number of rotatable bonds is 11. The molecule has 2 aliphatic rings. The first-order valence-electron chi connectivity index (χ1n) is 15.6. The molecule has 234 valence electrons. The van der Waals surface area contributed by atoms with E-state index in [0.29, 0.717) is 30.6 Å². The predicted octanol–water partition coefficient (Wildman–Crippen LogP) is 6.67. The van der Waals surface area contributed by atoms with Gasteiger partial charge in [-0.1, -0.05) is 57.5 Å². The highest BCUT2D eigenvalue weighted by Crippen LogP contribution is 2.49. The lowest BCUT2D eigenvalue weighted by Gasteiger charge is -2.27. The molecule has 3 atom stereocenters. The number of fused-ring (bicyclic) bond motifs is 1. The lowest BCUT2D eigenvalue weighted by molar-refractivity contribution is -0.143. The number of carbonyl (C=O) groups is 2. The molecule has 0 saturated carbocycles. The molecule has 2 N–H and O–H groups in total. The molecule has 0 aliphatic carbocycles. The Labute approximate surface area is 260 Å². The van der Waals surface area contributed by atoms with E-state index in [0.717, 1.165) is 52.1 Å². The van der Waals surface area contributed by atoms with Crippen LogP contribution >= 0.6 is 0 Å². The summed E-state index contributed by atoms with van der Waals surface area (Å²) in [5.74, 6) is 0.182. The molecule has 0 bridgehead atoms. The molecule has 0 radical (unpaired) electrons. The third-order valence-corrected chi connectivity index (χ3v) is 8.67. The standard InChI is InChI=1S/C36H44N2O6/c1-7-24-13-22(5)14-25(8-2)34(24)37-32(39)18-38-17-29(28-16-31-30(15-23(28)6)43-20-44-31)33(36(40)41)35(38)26-9-11-27(12-10-26)42-19-21(3)4/h9-16,21,29,33,35H,7-8,17-20H2,1-6H3,(H,37,39)(H,40,41)/t29-,33?,35+/m1/s1. The van der Waals surface area contributed by atoms with Crippen molar-refractivity contribution >= 4 is 17.6 Å². The van der Waals surface area contributed by atoms with Crippen LogP contribution in [0, 0.1) is 25.7 Å². The second kappa shape index (κ2) is 13.3. The normalized spacial score (nSPS) is 19.4. The predicted molar refractivity (Wildman–Crippen MR) is 171 cm³/mol. The van der Waals surface area contributed by atoms with Crippen LogP contribution in [0.2, 0.25) is 0 Å². The smallest absolute Gasteiger partial charge is 0.309 e. The highest BCUT2D eigenvalue weighted by Gasteiger charge is 2.48. The summed E-state index contributed by atoms with van der Waals surface area (Å²) in [7, 11) is 0. The molecule has 5 rings (SSSR count). The minimum Gasteiger partial charge on any atom is -0.493 e. The summed E-state index contributed by atoms with van der Waals surface area (Å²) >= 11 is 0. The van der Waals surface area contributed by atoms with Crippen molar-refractivity contribution < 1.29 is 28.9 Å². The summed E-state index contributed by atoms with van der Waals surface area (Å²) in [5, 5.41) is 13.9. The number of anilines is 1. The van der Waals surface area contributed by atoms with Crippen LogP contribution in [-0.4, -0.2) is 48.4 Å². The average molecular weight is 601 g/mol. The van der Waals surface area contributed by atoms with Crippen molar-refractivity contribution in [3.05, 3.63) is 81.9 Å². The summed E-state index contributed by atoms with van der Waals surface area (Å²) in [6.07, 6.45) is 1.60. The quantitative estimate of drug-likeness (QED) is 0.254. The Kier molecular flexibility index (Phi) is 9.49. The minimum atomic E-state index is -0.903. The van der Waals surface area contributed by atoms with Gasteiger partial charge in [0.2, 0.25) is 12.7 Å². The number of aryl methyl sites for hydroxylation is 4. The fourth-order valence-corrected chi connectivity index (χ4v) is 6.61. The highest BCUT2D eigenvalue weighted by atomic mass is 16.7. The van der Waals surface area contributed by atoms with Crippen LogP contribution in [0.1, 0.15) is 73.0 Å². The molecule has 1 fully saturated rings. The van der Waals surface area contributed by atoms with Gasteiger partial charge in [0.25, 0.3) is 0 Å². The number of nitrogens with one attached hydrogen (secondary N) is 1. The van der Waals surface area contributed by atoms with Crippen molar-refractivity contribution in [2.24, 2.45) is 11.8 Å². The first kappa shape index (κ1) is 31.4. The van der Waals surface area contributed by atoms with Gasteiger partial charge in [-0.3, -0.25) is 14.5 Å². The van der Waals surface area contributed by atoms with Crippen molar-refractivity contribution in [2.45, 2.75) is 66.3 Å². The van der Waals surface area contributed by atoms with Crippen LogP contribution in [-0.2, 0) is 22.4 Å². The van der Waals surface area contributed by atoms with Crippen LogP contribution in [0.5, 0.6) is 17.2 Å². The van der Waals surface area contributed by atoms with E-state index in [2.05, 4.69) is 52.1 Å². The van der Waals surface area contributed by atoms with Crippen LogP contribution < -0.4 is 19.5 Å². The van der Waals surface area contributed by atoms with Crippen LogP contribution in [0.3, 0.4) is 0 Å². The lowest BCUT2D eigenvalue weighted by atomic mass is 9.81. The molecule has 44 heavy (non-hydrogen) atoms. The number of ether oxygens (including phenoxy) is 3. The molecule has 3 aromatic rings. The van der Waals surface area contributed by atoms with E-state index < -0.39 is 17.9 Å². The van der Waals surface area contributed by atoms with Crippen molar-refractivity contribution in [3.63, 3.8) is 0 Å². The zero-order chi connectivity index (χ0) is 31.5. The van der Waals surface area contributed by atoms with Gasteiger partial charge >= 0.3 is 5.97 Å². The summed E-state index contributed by atoms with van der Waals surface area (Å²) < 4.78 is 17.1. The maximum absolute atomic E-state index is 13.8. The van der Waals surface area contributed by atoms with E-state index in [1.54, 1.807) is 0 Å². The fraction of sp³-hybridized carbons (Fsp3) is 0.444. The van der Waals surface area contributed by atoms with Gasteiger partial charge in [-0.25, -0.2) is 0 Å². The van der Waals surface area contributed by atoms with Gasteiger partial charge in [0, 0.05) is 24.2 Å². The van der Waals surface area contributed by atoms with Gasteiger partial charge in [0.1, 0.15) is 5.75 Å². The van der Waals surface area contributed by atoms with Gasteiger partial charge in [-0.15, -0.1) is 0 Å². The molecular weight excluding hydrogens is 556 g/mol. The first-order chi connectivity index (χ1) is 21.1. The molecule has 8 nitrogen and oxygen atoms in total. The van der Waals surface area contributed by atoms with Crippen LogP contribution in [0.4, 0.5) is 5.69 Å². The summed E-state index contributed by atoms with van der Waals surface area (Å²) in [6.45, 7) is 13.6. The third-order valence-electron chi connectivity index (χ3n) is 8.67. The Morgan fingerprint density at radius 1 is 1.00 bits per heavy atom. The lowest BCUT2D eigenvalue weighted by Crippen LogP contribution is -2.35. The number of hydrogen-bond acceptors (Lipinski definition) is 6. The molecule has 0 spiro atoms. The van der Waals surface area contributed by atoms with E-state index >= 15 is 0 Å². The number of carboxylic acid groups (broad SMARTS) is 1. The maximum Gasteiger partial charge on any atom is 0.309 e. The van der Waals surface area contributed by atoms with Crippen LogP contribution in [0.25, 0.3) is 0 Å². The van der Waals surface area contributed by atoms with Crippen molar-refractivity contribution in [2.75, 3.05) is 31.8 Å². The van der Waals surface area contributed by atoms with Gasteiger partial charge in [-0.05, 0) is 84.7 Å². The summed E-state index contributed by atoms with van der Waals surface area (Å²) in [6, 6.07) is 15.2. The number of nitrogens with zero attached hydrogens (tertiary/aromatic N) is 1. The molecule has 0 aromatic heterocycles. The van der Waals surface area contributed by atoms with E-state index in [4.69, 9.17) is 14.2 Å². The Bertz CT molecular complexity index is 1490. The van der Waals surface area contributed by atoms with E-state index in [-0.39, 0.29) is 25.2 Å². The highest BCUT2D eigenvalue weighted by molar-refractivity contribution is 5.94. The fourth-order valence-electron chi connectivity index (χ4n) is 6.61. The Balaban J connectivity index is 1.50. The van der Waals surface area contributed by atoms with Crippen LogP contribution in [0.15, 0.2) is 48.5 Å². The number of amides is 1. The molecule has 2 heterocycles. The number of carbonyl (C=O) groups excluding carboxylic acids is 1. The van der Waals surface area contributed by atoms with Gasteiger partial charge < -0.3 is 24.6 Å². The molecular formula is C36H44N2O6. The molecule has 2 aliphatic heterocycles. The monoisotopic (exact) mass is 600 g/mol. The molecule has 3 aromatic carbocycles. The number of hydrogen-bond donors (Lipinski definition) is 2. The van der Waals surface area contributed by atoms with Crippen molar-refractivity contribution in [3.8, 4) is 17.2 Å². The minimum absolute atomic E-state index is 0.0559. The van der Waals surface area contributed by atoms with Crippen molar-refractivity contribution in [1.82, 2.24) is 4.90 Å². The van der Waals surface area contributed by atoms with E-state index in [9.17, 15) is 14.7 Å². The Hall–Kier alpha value is -4.04. The zero-order valence-electron chi connectivity index (χ0n) is 26.6. The second-order valence-corrected chi connectivity index (χ2v) is 12.4. The van der Waals surface area contributed by atoms with Crippen molar-refractivity contribution in [1.29, 1.82) is 0 Å². The number of carboxylic acids is 1. The first-order valence-corrected chi connectivity index (χ1v) is 15.6. The van der Waals surface area contributed by atoms with E-state index in [1.807, 2.05) is 48.2 Å². The summed E-state index contributed by atoms with van der Waals surface area (Å²) in [5.41, 5.74) is 6.90. The second-order valence-electron chi connectivity index (χ2n) is 12.4. The summed E-state index contributed by atoms with van der Waals surface area (Å²) in [4.78, 5) is 28.8. The molecule has 1 saturated heterocycles.